The van der Waals surface area contributed by atoms with E-state index >= 15 is 0 Å². The molecule has 40 heavy (non-hydrogen) atoms. The van der Waals surface area contributed by atoms with Crippen molar-refractivity contribution in [1.82, 2.24) is 0 Å². The zero-order chi connectivity index (χ0) is 27.8. The Bertz CT molecular complexity index is 1990. The number of carbonyl (C=O) groups excluding carboxylic acids is 2. The second kappa shape index (κ2) is 9.89. The molecular formula is C33H20O7. The summed E-state index contributed by atoms with van der Waals surface area (Å²) in [6, 6.07) is 30.3. The third-order valence-corrected chi connectivity index (χ3v) is 6.69. The van der Waals surface area contributed by atoms with Crippen LogP contribution in [-0.2, 0) is 0 Å². The van der Waals surface area contributed by atoms with Gasteiger partial charge in [-0.15, -0.1) is 0 Å². The number of aromatic carboxylic acids is 1. The standard InChI is InChI=1S/C33H20O7/c34-27-16-14-19-7-3-5-11-23(19)29(27)33(38)39-28-18-22-10-2-1-9-21(22)17-26(28)32(37)40-30-24-12-6-4-8-20(24)13-15-25(30)31(35)36/h1-18,34H,(H,35,36). The van der Waals surface area contributed by atoms with Crippen LogP contribution in [0.15, 0.2) is 109 Å². The summed E-state index contributed by atoms with van der Waals surface area (Å²) in [6.07, 6.45) is 0. The van der Waals surface area contributed by atoms with E-state index in [1.54, 1.807) is 78.9 Å². The first kappa shape index (κ1) is 24.6. The molecule has 0 atom stereocenters. The van der Waals surface area contributed by atoms with E-state index in [0.717, 1.165) is 5.39 Å². The lowest BCUT2D eigenvalue weighted by Crippen LogP contribution is -2.16. The Kier molecular flexibility index (Phi) is 6.09. The van der Waals surface area contributed by atoms with Crippen LogP contribution in [-0.4, -0.2) is 28.1 Å². The van der Waals surface area contributed by atoms with Crippen LogP contribution in [0.2, 0.25) is 0 Å². The fourth-order valence-electron chi connectivity index (χ4n) is 4.76. The van der Waals surface area contributed by atoms with Crippen molar-refractivity contribution < 1.29 is 34.1 Å². The number of rotatable bonds is 5. The molecule has 0 amide bonds. The van der Waals surface area contributed by atoms with Crippen LogP contribution in [0.5, 0.6) is 17.2 Å². The Morgan fingerprint density at radius 3 is 1.82 bits per heavy atom. The highest BCUT2D eigenvalue weighted by Crippen LogP contribution is 2.34. The topological polar surface area (TPSA) is 110 Å². The van der Waals surface area contributed by atoms with Gasteiger partial charge in [0.1, 0.15) is 28.2 Å². The molecular weight excluding hydrogens is 508 g/mol. The van der Waals surface area contributed by atoms with Gasteiger partial charge < -0.3 is 19.7 Å². The van der Waals surface area contributed by atoms with Gasteiger partial charge in [-0.3, -0.25) is 0 Å². The Labute approximate surface area is 227 Å². The summed E-state index contributed by atoms with van der Waals surface area (Å²) < 4.78 is 11.5. The van der Waals surface area contributed by atoms with Crippen molar-refractivity contribution in [2.45, 2.75) is 0 Å². The summed E-state index contributed by atoms with van der Waals surface area (Å²) in [6.45, 7) is 0. The van der Waals surface area contributed by atoms with E-state index in [1.165, 1.54) is 24.3 Å². The molecule has 2 N–H and O–H groups in total. The van der Waals surface area contributed by atoms with Gasteiger partial charge in [0.25, 0.3) is 0 Å². The van der Waals surface area contributed by atoms with Crippen molar-refractivity contribution >= 4 is 50.2 Å². The van der Waals surface area contributed by atoms with Gasteiger partial charge in [0, 0.05) is 5.39 Å². The third kappa shape index (κ3) is 4.35. The number of fused-ring (bicyclic) bond motifs is 3. The number of hydrogen-bond acceptors (Lipinski definition) is 6. The van der Waals surface area contributed by atoms with E-state index in [2.05, 4.69) is 0 Å². The number of benzene rings is 6. The van der Waals surface area contributed by atoms with Crippen LogP contribution >= 0.6 is 0 Å². The van der Waals surface area contributed by atoms with Crippen molar-refractivity contribution in [2.75, 3.05) is 0 Å². The number of phenolic OH excluding ortho intramolecular Hbond substituents is 1. The lowest BCUT2D eigenvalue weighted by Gasteiger charge is -2.15. The van der Waals surface area contributed by atoms with Gasteiger partial charge in [0.2, 0.25) is 0 Å². The second-order valence-electron chi connectivity index (χ2n) is 9.12. The summed E-state index contributed by atoms with van der Waals surface area (Å²) >= 11 is 0. The van der Waals surface area contributed by atoms with E-state index in [4.69, 9.17) is 9.47 Å². The minimum absolute atomic E-state index is 0.0483. The highest BCUT2D eigenvalue weighted by molar-refractivity contribution is 6.09. The number of carboxylic acid groups (broad SMARTS) is 1. The number of ether oxygens (including phenoxy) is 2. The number of esters is 2. The molecule has 0 saturated heterocycles. The highest BCUT2D eigenvalue weighted by Gasteiger charge is 2.25. The van der Waals surface area contributed by atoms with E-state index in [-0.39, 0.29) is 33.9 Å². The highest BCUT2D eigenvalue weighted by atomic mass is 16.6. The largest absolute Gasteiger partial charge is 0.507 e. The van der Waals surface area contributed by atoms with Crippen LogP contribution in [0, 0.1) is 0 Å². The summed E-state index contributed by atoms with van der Waals surface area (Å²) in [4.78, 5) is 39.0. The van der Waals surface area contributed by atoms with E-state index in [0.29, 0.717) is 26.9 Å². The molecule has 0 aromatic heterocycles. The molecule has 0 aliphatic heterocycles. The maximum atomic E-state index is 13.6. The maximum Gasteiger partial charge on any atom is 0.347 e. The lowest BCUT2D eigenvalue weighted by atomic mass is 10.0. The average Bonchev–Trinajstić information content (AvgIpc) is 2.96. The minimum atomic E-state index is -1.26. The Balaban J connectivity index is 1.46. The van der Waals surface area contributed by atoms with Gasteiger partial charge in [0.15, 0.2) is 5.75 Å². The quantitative estimate of drug-likeness (QED) is 0.183. The summed E-state index contributed by atoms with van der Waals surface area (Å²) in [7, 11) is 0. The van der Waals surface area contributed by atoms with Crippen molar-refractivity contribution in [3.8, 4) is 17.2 Å². The first-order chi connectivity index (χ1) is 19.4. The monoisotopic (exact) mass is 528 g/mol. The molecule has 0 spiro atoms. The smallest absolute Gasteiger partial charge is 0.347 e. The van der Waals surface area contributed by atoms with E-state index < -0.39 is 17.9 Å². The number of phenols is 1. The molecule has 194 valence electrons. The number of aromatic hydroxyl groups is 1. The van der Waals surface area contributed by atoms with Gasteiger partial charge in [-0.05, 0) is 51.2 Å². The van der Waals surface area contributed by atoms with Crippen molar-refractivity contribution in [3.63, 3.8) is 0 Å². The molecule has 6 aromatic carbocycles. The molecule has 0 radical (unpaired) electrons. The fourth-order valence-corrected chi connectivity index (χ4v) is 4.76. The van der Waals surface area contributed by atoms with Gasteiger partial charge >= 0.3 is 17.9 Å². The van der Waals surface area contributed by atoms with Crippen molar-refractivity contribution in [3.05, 3.63) is 126 Å². The third-order valence-electron chi connectivity index (χ3n) is 6.69. The first-order valence-electron chi connectivity index (χ1n) is 12.3. The van der Waals surface area contributed by atoms with Crippen LogP contribution in [0.1, 0.15) is 31.1 Å². The molecule has 0 aliphatic carbocycles. The second-order valence-corrected chi connectivity index (χ2v) is 9.12. The predicted octanol–water partition coefficient (Wildman–Crippen LogP) is 6.99. The number of carbonyl (C=O) groups is 3. The first-order valence-corrected chi connectivity index (χ1v) is 12.3. The number of hydrogen-bond donors (Lipinski definition) is 2. The summed E-state index contributed by atoms with van der Waals surface area (Å²) in [5.74, 6) is -3.52. The molecule has 0 aliphatic rings. The van der Waals surface area contributed by atoms with Crippen LogP contribution < -0.4 is 9.47 Å². The van der Waals surface area contributed by atoms with Gasteiger partial charge in [0.05, 0.1) is 0 Å². The predicted molar refractivity (Wildman–Crippen MR) is 150 cm³/mol. The van der Waals surface area contributed by atoms with Crippen molar-refractivity contribution in [2.24, 2.45) is 0 Å². The van der Waals surface area contributed by atoms with Gasteiger partial charge in [-0.25, -0.2) is 14.4 Å². The summed E-state index contributed by atoms with van der Waals surface area (Å²) in [5, 5.41) is 24.0. The molecule has 0 unspecified atom stereocenters. The zero-order valence-electron chi connectivity index (χ0n) is 20.8. The molecule has 6 aromatic rings. The van der Waals surface area contributed by atoms with Gasteiger partial charge in [-0.1, -0.05) is 84.9 Å². The molecule has 7 nitrogen and oxygen atoms in total. The molecule has 6 rings (SSSR count). The average molecular weight is 529 g/mol. The van der Waals surface area contributed by atoms with E-state index in [9.17, 15) is 24.6 Å². The SMILES string of the molecule is O=C(Oc1c(C(=O)O)ccc2ccccc12)c1cc2ccccc2cc1OC(=O)c1c(O)ccc2ccccc12. The fraction of sp³-hybridized carbons (Fsp3) is 0. The van der Waals surface area contributed by atoms with Crippen LogP contribution in [0.3, 0.4) is 0 Å². The summed E-state index contributed by atoms with van der Waals surface area (Å²) in [5.41, 5.74) is -0.323. The maximum absolute atomic E-state index is 13.6. The lowest BCUT2D eigenvalue weighted by molar-refractivity contribution is 0.0682. The number of carboxylic acids is 1. The Morgan fingerprint density at radius 2 is 1.12 bits per heavy atom. The van der Waals surface area contributed by atoms with E-state index in [1.807, 2.05) is 6.07 Å². The molecule has 7 heteroatoms. The molecule has 0 bridgehead atoms. The normalized spacial score (nSPS) is 11.0. The van der Waals surface area contributed by atoms with Gasteiger partial charge in [-0.2, -0.15) is 0 Å². The minimum Gasteiger partial charge on any atom is -0.507 e. The Morgan fingerprint density at radius 1 is 0.550 bits per heavy atom. The Hall–Kier alpha value is -5.69. The molecule has 0 heterocycles. The molecule has 0 saturated carbocycles. The van der Waals surface area contributed by atoms with Crippen LogP contribution in [0.25, 0.3) is 32.3 Å². The zero-order valence-corrected chi connectivity index (χ0v) is 20.8. The van der Waals surface area contributed by atoms with Crippen LogP contribution in [0.4, 0.5) is 0 Å². The molecule has 0 fully saturated rings. The van der Waals surface area contributed by atoms with Crippen molar-refractivity contribution in [1.29, 1.82) is 0 Å².